The number of anilines is 1. The largest absolute Gasteiger partial charge is 0.385 e. The van der Waals surface area contributed by atoms with Crippen LogP contribution in [-0.4, -0.2) is 26.9 Å². The minimum Gasteiger partial charge on any atom is -0.385 e. The number of carbonyl (C=O) groups excluding carboxylic acids is 1. The maximum Gasteiger partial charge on any atom is 0.240 e. The maximum atomic E-state index is 13.1. The summed E-state index contributed by atoms with van der Waals surface area (Å²) in [5.74, 6) is -0.506. The molecule has 3 rings (SSSR count). The standard InChI is InChI=1S/C25H34FN3O3S/c1-4-15-27-24-16-23(14-5-17(24)2)33(31,32)29-22-12-8-20(9-13-22)25(30)28-18(3)19-6-10-21(26)11-7-19/h5-7,10-11,14,16,18,20,22,27,29H,4,8-9,12-13,15H2,1-3H3,(H,28,30)/t18-,20-,22-/m1/s1. The first-order chi connectivity index (χ1) is 15.7. The number of rotatable bonds is 9. The number of aryl methyl sites for hydroxylation is 1. The summed E-state index contributed by atoms with van der Waals surface area (Å²) in [6.45, 7) is 6.66. The van der Waals surface area contributed by atoms with E-state index in [2.05, 4.69) is 22.3 Å². The van der Waals surface area contributed by atoms with Gasteiger partial charge in [0.05, 0.1) is 10.9 Å². The molecule has 3 N–H and O–H groups in total. The molecule has 1 fully saturated rings. The van der Waals surface area contributed by atoms with Gasteiger partial charge in [0.25, 0.3) is 0 Å². The van der Waals surface area contributed by atoms with Crippen LogP contribution in [0.2, 0.25) is 0 Å². The number of amides is 1. The summed E-state index contributed by atoms with van der Waals surface area (Å²) in [5.41, 5.74) is 2.68. The number of hydrogen-bond acceptors (Lipinski definition) is 4. The van der Waals surface area contributed by atoms with E-state index in [-0.39, 0.29) is 34.6 Å². The quantitative estimate of drug-likeness (QED) is 0.492. The zero-order valence-electron chi connectivity index (χ0n) is 19.5. The average molecular weight is 476 g/mol. The lowest BCUT2D eigenvalue weighted by molar-refractivity contribution is -0.126. The van der Waals surface area contributed by atoms with Crippen molar-refractivity contribution in [3.8, 4) is 0 Å². The number of nitrogens with one attached hydrogen (secondary N) is 3. The summed E-state index contributed by atoms with van der Waals surface area (Å²) in [5, 5.41) is 6.27. The van der Waals surface area contributed by atoms with E-state index >= 15 is 0 Å². The highest BCUT2D eigenvalue weighted by Crippen LogP contribution is 2.27. The highest BCUT2D eigenvalue weighted by Gasteiger charge is 2.30. The molecule has 0 aromatic heterocycles. The summed E-state index contributed by atoms with van der Waals surface area (Å²) in [6.07, 6.45) is 3.40. The molecule has 1 atom stereocenters. The van der Waals surface area contributed by atoms with E-state index in [1.54, 1.807) is 24.3 Å². The van der Waals surface area contributed by atoms with Gasteiger partial charge < -0.3 is 10.6 Å². The molecule has 0 aliphatic heterocycles. The minimum absolute atomic E-state index is 0.0432. The highest BCUT2D eigenvalue weighted by molar-refractivity contribution is 7.89. The molecule has 1 saturated carbocycles. The molecular weight excluding hydrogens is 441 g/mol. The molecule has 0 heterocycles. The van der Waals surface area contributed by atoms with Crippen molar-refractivity contribution in [3.05, 3.63) is 59.4 Å². The Morgan fingerprint density at radius 3 is 2.39 bits per heavy atom. The molecule has 0 spiro atoms. The Morgan fingerprint density at radius 1 is 1.09 bits per heavy atom. The van der Waals surface area contributed by atoms with Gasteiger partial charge in [0.2, 0.25) is 15.9 Å². The molecule has 0 saturated heterocycles. The molecule has 0 bridgehead atoms. The van der Waals surface area contributed by atoms with E-state index in [0.29, 0.717) is 25.7 Å². The Bertz CT molecular complexity index is 1050. The number of sulfonamides is 1. The molecule has 0 unspecified atom stereocenters. The Labute approximate surface area is 196 Å². The SMILES string of the molecule is CCCNc1cc(S(=O)(=O)N[C@H]2CC[C@H](C(=O)N[C@H](C)c3ccc(F)cc3)CC2)ccc1C. The fourth-order valence-electron chi connectivity index (χ4n) is 4.15. The van der Waals surface area contributed by atoms with Gasteiger partial charge in [0.1, 0.15) is 5.82 Å². The van der Waals surface area contributed by atoms with Crippen LogP contribution in [-0.2, 0) is 14.8 Å². The fourth-order valence-corrected chi connectivity index (χ4v) is 5.48. The number of hydrogen-bond donors (Lipinski definition) is 3. The van der Waals surface area contributed by atoms with Gasteiger partial charge in [-0.05, 0) is 81.3 Å². The number of benzene rings is 2. The van der Waals surface area contributed by atoms with Gasteiger partial charge in [-0.25, -0.2) is 17.5 Å². The molecule has 2 aromatic rings. The molecule has 1 aliphatic rings. The third-order valence-corrected chi connectivity index (χ3v) is 7.75. The molecule has 180 valence electrons. The van der Waals surface area contributed by atoms with Crippen LogP contribution in [0.4, 0.5) is 10.1 Å². The third kappa shape index (κ3) is 6.77. The molecule has 1 amide bonds. The molecule has 33 heavy (non-hydrogen) atoms. The smallest absolute Gasteiger partial charge is 0.240 e. The predicted octanol–water partition coefficient (Wildman–Crippen LogP) is 4.67. The van der Waals surface area contributed by atoms with Crippen molar-refractivity contribution < 1.29 is 17.6 Å². The van der Waals surface area contributed by atoms with Crippen molar-refractivity contribution in [3.63, 3.8) is 0 Å². The van der Waals surface area contributed by atoms with E-state index in [1.807, 2.05) is 19.9 Å². The maximum absolute atomic E-state index is 13.1. The second-order valence-electron chi connectivity index (χ2n) is 8.86. The molecule has 0 radical (unpaired) electrons. The Morgan fingerprint density at radius 2 is 1.76 bits per heavy atom. The van der Waals surface area contributed by atoms with Crippen molar-refractivity contribution in [2.45, 2.75) is 69.9 Å². The van der Waals surface area contributed by atoms with E-state index in [9.17, 15) is 17.6 Å². The second kappa shape index (κ2) is 11.1. The van der Waals surface area contributed by atoms with E-state index in [4.69, 9.17) is 0 Å². The molecule has 6 nitrogen and oxygen atoms in total. The van der Waals surface area contributed by atoms with Gasteiger partial charge in [0, 0.05) is 24.2 Å². The van der Waals surface area contributed by atoms with Crippen LogP contribution in [0.5, 0.6) is 0 Å². The van der Waals surface area contributed by atoms with Crippen molar-refractivity contribution in [1.29, 1.82) is 0 Å². The van der Waals surface area contributed by atoms with Gasteiger partial charge in [-0.2, -0.15) is 0 Å². The van der Waals surface area contributed by atoms with Crippen molar-refractivity contribution in [2.24, 2.45) is 5.92 Å². The first-order valence-corrected chi connectivity index (χ1v) is 13.1. The van der Waals surface area contributed by atoms with Gasteiger partial charge >= 0.3 is 0 Å². The van der Waals surface area contributed by atoms with Gasteiger partial charge in [-0.3, -0.25) is 4.79 Å². The summed E-state index contributed by atoms with van der Waals surface area (Å²) >= 11 is 0. The van der Waals surface area contributed by atoms with Crippen molar-refractivity contribution in [2.75, 3.05) is 11.9 Å². The molecule has 8 heteroatoms. The molecular formula is C25H34FN3O3S. The monoisotopic (exact) mass is 475 g/mol. The van der Waals surface area contributed by atoms with Gasteiger partial charge in [0.15, 0.2) is 0 Å². The lowest BCUT2D eigenvalue weighted by atomic mass is 9.85. The van der Waals surface area contributed by atoms with Crippen LogP contribution >= 0.6 is 0 Å². The summed E-state index contributed by atoms with van der Waals surface area (Å²) in [7, 11) is -3.64. The zero-order chi connectivity index (χ0) is 24.0. The van der Waals surface area contributed by atoms with Crippen LogP contribution in [0.3, 0.4) is 0 Å². The summed E-state index contributed by atoms with van der Waals surface area (Å²) in [4.78, 5) is 12.9. The van der Waals surface area contributed by atoms with Crippen LogP contribution < -0.4 is 15.4 Å². The third-order valence-electron chi connectivity index (χ3n) is 6.23. The van der Waals surface area contributed by atoms with Crippen molar-refractivity contribution >= 4 is 21.6 Å². The van der Waals surface area contributed by atoms with Crippen LogP contribution in [0.25, 0.3) is 0 Å². The highest BCUT2D eigenvalue weighted by atomic mass is 32.2. The van der Waals surface area contributed by atoms with Crippen LogP contribution in [0, 0.1) is 18.7 Å². The topological polar surface area (TPSA) is 87.3 Å². The fraction of sp³-hybridized carbons (Fsp3) is 0.480. The molecule has 2 aromatic carbocycles. The Kier molecular flexibility index (Phi) is 8.48. The first kappa shape index (κ1) is 25.2. The normalized spacial score (nSPS) is 19.6. The van der Waals surface area contributed by atoms with Gasteiger partial charge in [-0.15, -0.1) is 0 Å². The number of halogens is 1. The predicted molar refractivity (Wildman–Crippen MR) is 129 cm³/mol. The Balaban J connectivity index is 1.54. The second-order valence-corrected chi connectivity index (χ2v) is 10.6. The lowest BCUT2D eigenvalue weighted by Crippen LogP contribution is -2.41. The summed E-state index contributed by atoms with van der Waals surface area (Å²) < 4.78 is 41.8. The van der Waals surface area contributed by atoms with E-state index in [0.717, 1.165) is 29.8 Å². The van der Waals surface area contributed by atoms with E-state index < -0.39 is 10.0 Å². The lowest BCUT2D eigenvalue weighted by Gasteiger charge is -2.29. The molecule has 1 aliphatic carbocycles. The van der Waals surface area contributed by atoms with Crippen molar-refractivity contribution in [1.82, 2.24) is 10.0 Å². The van der Waals surface area contributed by atoms with E-state index in [1.165, 1.54) is 12.1 Å². The minimum atomic E-state index is -3.64. The first-order valence-electron chi connectivity index (χ1n) is 11.6. The zero-order valence-corrected chi connectivity index (χ0v) is 20.3. The van der Waals surface area contributed by atoms with Crippen LogP contribution in [0.1, 0.15) is 63.1 Å². The number of carbonyl (C=O) groups is 1. The average Bonchev–Trinajstić information content (AvgIpc) is 2.79. The summed E-state index contributed by atoms with van der Waals surface area (Å²) in [6, 6.07) is 10.8. The van der Waals surface area contributed by atoms with Gasteiger partial charge in [-0.1, -0.05) is 25.1 Å². The van der Waals surface area contributed by atoms with Crippen LogP contribution in [0.15, 0.2) is 47.4 Å². The Hall–Kier alpha value is -2.45.